The van der Waals surface area contributed by atoms with Gasteiger partial charge >= 0.3 is 0 Å². The van der Waals surface area contributed by atoms with Gasteiger partial charge < -0.3 is 10.2 Å². The zero-order valence-corrected chi connectivity index (χ0v) is 13.3. The molecule has 5 heteroatoms. The summed E-state index contributed by atoms with van der Waals surface area (Å²) in [6.07, 6.45) is 0. The molecule has 2 aromatic carbocycles. The number of nitrogens with zero attached hydrogens (tertiary/aromatic N) is 1. The van der Waals surface area contributed by atoms with Gasteiger partial charge in [-0.15, -0.1) is 11.3 Å². The molecule has 1 N–H and O–H groups in total. The number of hydrogen-bond donors (Lipinski definition) is 1. The van der Waals surface area contributed by atoms with E-state index in [1.54, 1.807) is 11.0 Å². The minimum atomic E-state index is -0.127. The Bertz CT molecular complexity index is 932. The lowest BCUT2D eigenvalue weighted by molar-refractivity contribution is 0.0992. The molecule has 1 aliphatic heterocycles. The summed E-state index contributed by atoms with van der Waals surface area (Å²) in [7, 11) is 0. The summed E-state index contributed by atoms with van der Waals surface area (Å²) in [6.45, 7) is 2.59. The Morgan fingerprint density at radius 1 is 1.17 bits per heavy atom. The number of rotatable bonds is 3. The standard InChI is InChI=1S/C18H14N2O2S/c1-2-20-14-9-8-13(19-17(21)15-7-4-10-23-15)11-5-3-6-12(16(11)14)18(20)22/h3-10H,2H2,1H3,(H,19,21). The van der Waals surface area contributed by atoms with Crippen LogP contribution in [-0.4, -0.2) is 18.4 Å². The Labute approximate surface area is 137 Å². The summed E-state index contributed by atoms with van der Waals surface area (Å²) in [5, 5.41) is 6.65. The Morgan fingerprint density at radius 3 is 2.78 bits per heavy atom. The van der Waals surface area contributed by atoms with Crippen molar-refractivity contribution in [1.29, 1.82) is 0 Å². The number of carbonyl (C=O) groups is 2. The molecule has 0 spiro atoms. The van der Waals surface area contributed by atoms with Crippen molar-refractivity contribution in [3.8, 4) is 0 Å². The van der Waals surface area contributed by atoms with Crippen molar-refractivity contribution in [1.82, 2.24) is 0 Å². The first-order valence-corrected chi connectivity index (χ1v) is 8.31. The van der Waals surface area contributed by atoms with Gasteiger partial charge in [0.2, 0.25) is 0 Å². The highest BCUT2D eigenvalue weighted by Gasteiger charge is 2.29. The molecule has 2 amide bonds. The molecule has 1 aliphatic rings. The molecule has 0 bridgehead atoms. The summed E-state index contributed by atoms with van der Waals surface area (Å²) < 4.78 is 0. The molecule has 114 valence electrons. The number of nitrogens with one attached hydrogen (secondary N) is 1. The molecule has 4 rings (SSSR count). The van der Waals surface area contributed by atoms with Crippen LogP contribution in [-0.2, 0) is 0 Å². The Balaban J connectivity index is 1.84. The first-order valence-electron chi connectivity index (χ1n) is 7.43. The molecule has 0 unspecified atom stereocenters. The van der Waals surface area contributed by atoms with Gasteiger partial charge in [0.05, 0.1) is 10.6 Å². The second kappa shape index (κ2) is 5.21. The van der Waals surface area contributed by atoms with Crippen molar-refractivity contribution in [3.05, 3.63) is 58.3 Å². The molecule has 0 aliphatic carbocycles. The molecule has 0 fully saturated rings. The highest BCUT2D eigenvalue weighted by molar-refractivity contribution is 7.12. The maximum Gasteiger partial charge on any atom is 0.265 e. The number of carbonyl (C=O) groups excluding carboxylic acids is 2. The van der Waals surface area contributed by atoms with Crippen molar-refractivity contribution < 1.29 is 9.59 Å². The zero-order chi connectivity index (χ0) is 16.0. The van der Waals surface area contributed by atoms with Crippen molar-refractivity contribution >= 4 is 45.3 Å². The van der Waals surface area contributed by atoms with E-state index in [0.29, 0.717) is 17.0 Å². The monoisotopic (exact) mass is 322 g/mol. The number of benzene rings is 2. The highest BCUT2D eigenvalue weighted by atomic mass is 32.1. The molecule has 0 saturated carbocycles. The Kier molecular flexibility index (Phi) is 3.16. The molecule has 4 nitrogen and oxygen atoms in total. The van der Waals surface area contributed by atoms with E-state index in [-0.39, 0.29) is 11.8 Å². The van der Waals surface area contributed by atoms with Gasteiger partial charge in [-0.2, -0.15) is 0 Å². The van der Waals surface area contributed by atoms with Crippen molar-refractivity contribution in [3.63, 3.8) is 0 Å². The van der Waals surface area contributed by atoms with Crippen LogP contribution in [0.1, 0.15) is 27.0 Å². The second-order valence-electron chi connectivity index (χ2n) is 5.34. The van der Waals surface area contributed by atoms with Gasteiger partial charge in [0, 0.05) is 28.6 Å². The molecule has 1 aromatic heterocycles. The topological polar surface area (TPSA) is 49.4 Å². The quantitative estimate of drug-likeness (QED) is 0.788. The third-order valence-electron chi connectivity index (χ3n) is 4.09. The predicted molar refractivity (Wildman–Crippen MR) is 93.6 cm³/mol. The van der Waals surface area contributed by atoms with Crippen molar-refractivity contribution in [2.24, 2.45) is 0 Å². The van der Waals surface area contributed by atoms with E-state index in [0.717, 1.165) is 22.1 Å². The van der Waals surface area contributed by atoms with Crippen molar-refractivity contribution in [2.45, 2.75) is 6.92 Å². The number of amides is 2. The fourth-order valence-electron chi connectivity index (χ4n) is 3.06. The van der Waals surface area contributed by atoms with E-state index >= 15 is 0 Å². The third kappa shape index (κ3) is 2.04. The van der Waals surface area contributed by atoms with Crippen LogP contribution in [0.15, 0.2) is 47.8 Å². The molecule has 23 heavy (non-hydrogen) atoms. The normalized spacial score (nSPS) is 12.9. The third-order valence-corrected chi connectivity index (χ3v) is 4.96. The molecule has 2 heterocycles. The first-order chi connectivity index (χ1) is 11.2. The van der Waals surface area contributed by atoms with E-state index in [1.807, 2.05) is 48.7 Å². The van der Waals surface area contributed by atoms with Crippen LogP contribution >= 0.6 is 11.3 Å². The molecule has 0 radical (unpaired) electrons. The van der Waals surface area contributed by atoms with Gasteiger partial charge in [0.15, 0.2) is 0 Å². The van der Waals surface area contributed by atoms with Gasteiger partial charge in [-0.25, -0.2) is 0 Å². The lowest BCUT2D eigenvalue weighted by Crippen LogP contribution is -2.25. The first kappa shape index (κ1) is 14.0. The van der Waals surface area contributed by atoms with Crippen LogP contribution in [0.2, 0.25) is 0 Å². The van der Waals surface area contributed by atoms with E-state index in [4.69, 9.17) is 0 Å². The van der Waals surface area contributed by atoms with Crippen LogP contribution < -0.4 is 10.2 Å². The zero-order valence-electron chi connectivity index (χ0n) is 12.5. The van der Waals surface area contributed by atoms with E-state index in [9.17, 15) is 9.59 Å². The number of anilines is 2. The molecular formula is C18H14N2O2S. The summed E-state index contributed by atoms with van der Waals surface area (Å²) >= 11 is 1.40. The fourth-order valence-corrected chi connectivity index (χ4v) is 3.68. The largest absolute Gasteiger partial charge is 0.321 e. The van der Waals surface area contributed by atoms with E-state index < -0.39 is 0 Å². The van der Waals surface area contributed by atoms with Crippen LogP contribution in [0.25, 0.3) is 10.8 Å². The molecule has 0 saturated heterocycles. The average Bonchev–Trinajstić information content (AvgIpc) is 3.19. The van der Waals surface area contributed by atoms with Gasteiger partial charge in [0.25, 0.3) is 11.8 Å². The van der Waals surface area contributed by atoms with Gasteiger partial charge in [-0.05, 0) is 36.6 Å². The maximum absolute atomic E-state index is 12.5. The second-order valence-corrected chi connectivity index (χ2v) is 6.29. The average molecular weight is 322 g/mol. The number of hydrogen-bond acceptors (Lipinski definition) is 3. The molecule has 0 atom stereocenters. The van der Waals surface area contributed by atoms with Crippen LogP contribution in [0.4, 0.5) is 11.4 Å². The van der Waals surface area contributed by atoms with Gasteiger partial charge in [-0.1, -0.05) is 18.2 Å². The summed E-state index contributed by atoms with van der Waals surface area (Å²) in [4.78, 5) is 27.2. The maximum atomic E-state index is 12.5. The van der Waals surface area contributed by atoms with Gasteiger partial charge in [0.1, 0.15) is 0 Å². The van der Waals surface area contributed by atoms with E-state index in [2.05, 4.69) is 5.32 Å². The summed E-state index contributed by atoms with van der Waals surface area (Å²) in [5.41, 5.74) is 2.35. The van der Waals surface area contributed by atoms with Crippen LogP contribution in [0, 0.1) is 0 Å². The molecular weight excluding hydrogens is 308 g/mol. The highest BCUT2D eigenvalue weighted by Crippen LogP contribution is 2.40. The summed E-state index contributed by atoms with van der Waals surface area (Å²) in [6, 6.07) is 13.1. The fraction of sp³-hybridized carbons (Fsp3) is 0.111. The Morgan fingerprint density at radius 2 is 2.04 bits per heavy atom. The summed E-state index contributed by atoms with van der Waals surface area (Å²) in [5.74, 6) is -0.104. The smallest absolute Gasteiger partial charge is 0.265 e. The predicted octanol–water partition coefficient (Wildman–Crippen LogP) is 4.13. The minimum Gasteiger partial charge on any atom is -0.321 e. The van der Waals surface area contributed by atoms with Crippen LogP contribution in [0.5, 0.6) is 0 Å². The SMILES string of the molecule is CCN1C(=O)c2cccc3c(NC(=O)c4cccs4)ccc1c23. The van der Waals surface area contributed by atoms with E-state index in [1.165, 1.54) is 11.3 Å². The van der Waals surface area contributed by atoms with Crippen LogP contribution in [0.3, 0.4) is 0 Å². The lowest BCUT2D eigenvalue weighted by Gasteiger charge is -2.15. The van der Waals surface area contributed by atoms with Crippen molar-refractivity contribution in [2.75, 3.05) is 16.8 Å². The minimum absolute atomic E-state index is 0.0230. The lowest BCUT2D eigenvalue weighted by atomic mass is 10.0. The number of thiophene rings is 1. The molecule has 3 aromatic rings. The Hall–Kier alpha value is -2.66. The van der Waals surface area contributed by atoms with Gasteiger partial charge in [-0.3, -0.25) is 9.59 Å².